The average molecular weight is 563 g/mol. The molecule has 4 rings (SSSR count). The highest BCUT2D eigenvalue weighted by molar-refractivity contribution is 8.00. The van der Waals surface area contributed by atoms with Crippen LogP contribution in [0.25, 0.3) is 21.7 Å². The van der Waals surface area contributed by atoms with Gasteiger partial charge in [-0.15, -0.1) is 22.7 Å². The molecule has 0 saturated heterocycles. The standard InChI is InChI=1S/C27H19FN4O3S3/c1-3-35-27(34)24-15(2)19(12-29)26(38-24)32-23(33)14-37-25-20(13-30)18(16-6-8-17(28)9-7-16)11-21(31-25)22-5-4-10-36-22/h4-11H,3,14H2,1-2H3,(H,32,33). The maximum Gasteiger partial charge on any atom is 0.348 e. The number of thioether (sulfide) groups is 1. The fourth-order valence-corrected chi connectivity index (χ4v) is 6.12. The van der Waals surface area contributed by atoms with Crippen molar-refractivity contribution >= 4 is 51.3 Å². The summed E-state index contributed by atoms with van der Waals surface area (Å²) in [6.07, 6.45) is 0. The van der Waals surface area contributed by atoms with Gasteiger partial charge >= 0.3 is 5.97 Å². The van der Waals surface area contributed by atoms with Crippen LogP contribution in [-0.4, -0.2) is 29.2 Å². The van der Waals surface area contributed by atoms with Gasteiger partial charge in [-0.25, -0.2) is 14.2 Å². The number of nitriles is 2. The van der Waals surface area contributed by atoms with Crippen LogP contribution >= 0.6 is 34.4 Å². The zero-order valence-corrected chi connectivity index (χ0v) is 22.7. The Bertz CT molecular complexity index is 1580. The number of pyridine rings is 1. The van der Waals surface area contributed by atoms with E-state index in [1.165, 1.54) is 23.5 Å². The zero-order valence-electron chi connectivity index (χ0n) is 20.2. The van der Waals surface area contributed by atoms with Gasteiger partial charge in [0, 0.05) is 5.56 Å². The first-order chi connectivity index (χ1) is 18.4. The lowest BCUT2D eigenvalue weighted by Gasteiger charge is -2.12. The van der Waals surface area contributed by atoms with Crippen LogP contribution in [0.2, 0.25) is 0 Å². The van der Waals surface area contributed by atoms with Crippen LogP contribution in [0.5, 0.6) is 0 Å². The van der Waals surface area contributed by atoms with Crippen molar-refractivity contribution in [2.24, 2.45) is 0 Å². The summed E-state index contributed by atoms with van der Waals surface area (Å²) in [5.74, 6) is -1.48. The van der Waals surface area contributed by atoms with Gasteiger partial charge in [0.25, 0.3) is 0 Å². The summed E-state index contributed by atoms with van der Waals surface area (Å²) in [7, 11) is 0. The Morgan fingerprint density at radius 3 is 2.53 bits per heavy atom. The molecule has 0 fully saturated rings. The van der Waals surface area contributed by atoms with E-state index in [0.717, 1.165) is 28.0 Å². The molecule has 0 spiro atoms. The van der Waals surface area contributed by atoms with Crippen LogP contribution in [-0.2, 0) is 9.53 Å². The molecule has 4 aromatic rings. The third-order valence-corrected chi connectivity index (χ3v) is 8.39. The molecule has 7 nitrogen and oxygen atoms in total. The molecular formula is C27H19FN4O3S3. The Labute approximate surface area is 230 Å². The molecule has 0 saturated carbocycles. The monoisotopic (exact) mass is 562 g/mol. The lowest BCUT2D eigenvalue weighted by atomic mass is 10.0. The van der Waals surface area contributed by atoms with Gasteiger partial charge < -0.3 is 10.1 Å². The van der Waals surface area contributed by atoms with Crippen LogP contribution in [0.15, 0.2) is 52.9 Å². The van der Waals surface area contributed by atoms with E-state index < -0.39 is 17.7 Å². The minimum atomic E-state index is -0.553. The smallest absolute Gasteiger partial charge is 0.348 e. The Morgan fingerprint density at radius 1 is 1.16 bits per heavy atom. The molecule has 1 amide bonds. The van der Waals surface area contributed by atoms with E-state index in [9.17, 15) is 24.5 Å². The van der Waals surface area contributed by atoms with Crippen molar-refractivity contribution in [2.75, 3.05) is 17.7 Å². The second-order valence-electron chi connectivity index (χ2n) is 7.76. The zero-order chi connectivity index (χ0) is 27.2. The molecule has 0 radical (unpaired) electrons. The molecule has 0 unspecified atom stereocenters. The molecule has 11 heteroatoms. The second-order valence-corrected chi connectivity index (χ2v) is 10.7. The predicted molar refractivity (Wildman–Crippen MR) is 147 cm³/mol. The Hall–Kier alpha value is -4.03. The minimum absolute atomic E-state index is 0.102. The molecule has 3 heterocycles. The topological polar surface area (TPSA) is 116 Å². The number of halogens is 1. The van der Waals surface area contributed by atoms with E-state index >= 15 is 0 Å². The number of ether oxygens (including phenoxy) is 1. The van der Waals surface area contributed by atoms with Crippen molar-refractivity contribution < 1.29 is 18.7 Å². The Morgan fingerprint density at radius 2 is 1.89 bits per heavy atom. The van der Waals surface area contributed by atoms with E-state index in [2.05, 4.69) is 16.4 Å². The third kappa shape index (κ3) is 5.76. The molecular weight excluding hydrogens is 544 g/mol. The summed E-state index contributed by atoms with van der Waals surface area (Å²) in [5, 5.41) is 24.8. The molecule has 0 bridgehead atoms. The number of benzene rings is 1. The Balaban J connectivity index is 1.63. The molecule has 0 aliphatic rings. The van der Waals surface area contributed by atoms with Crippen LogP contribution in [0.1, 0.15) is 33.3 Å². The third-order valence-electron chi connectivity index (χ3n) is 5.34. The van der Waals surface area contributed by atoms with Crippen molar-refractivity contribution in [3.05, 3.63) is 75.2 Å². The SMILES string of the molecule is CCOC(=O)c1sc(NC(=O)CSc2nc(-c3cccs3)cc(-c3ccc(F)cc3)c2C#N)c(C#N)c1C. The number of carbonyl (C=O) groups excluding carboxylic acids is 2. The number of hydrogen-bond donors (Lipinski definition) is 1. The van der Waals surface area contributed by atoms with Gasteiger partial charge in [-0.2, -0.15) is 10.5 Å². The number of anilines is 1. The first kappa shape index (κ1) is 27.0. The highest BCUT2D eigenvalue weighted by Gasteiger charge is 2.23. The van der Waals surface area contributed by atoms with E-state index in [0.29, 0.717) is 27.4 Å². The van der Waals surface area contributed by atoms with E-state index in [1.807, 2.05) is 23.6 Å². The first-order valence-electron chi connectivity index (χ1n) is 11.2. The summed E-state index contributed by atoms with van der Waals surface area (Å²) >= 11 is 3.54. The fraction of sp³-hybridized carbons (Fsp3) is 0.148. The molecule has 0 aliphatic carbocycles. The van der Waals surface area contributed by atoms with Crippen molar-refractivity contribution in [2.45, 2.75) is 18.9 Å². The van der Waals surface area contributed by atoms with Crippen molar-refractivity contribution in [3.8, 4) is 33.8 Å². The largest absolute Gasteiger partial charge is 0.462 e. The van der Waals surface area contributed by atoms with Crippen LogP contribution in [0.4, 0.5) is 9.39 Å². The van der Waals surface area contributed by atoms with E-state index in [-0.39, 0.29) is 33.4 Å². The first-order valence-corrected chi connectivity index (χ1v) is 13.9. The molecule has 1 N–H and O–H groups in total. The fourth-order valence-electron chi connectivity index (χ4n) is 3.57. The number of esters is 1. The van der Waals surface area contributed by atoms with Gasteiger partial charge in [-0.05, 0) is 54.6 Å². The molecule has 1 aromatic carbocycles. The molecule has 0 aliphatic heterocycles. The van der Waals surface area contributed by atoms with Crippen LogP contribution < -0.4 is 5.32 Å². The maximum absolute atomic E-state index is 13.5. The quantitative estimate of drug-likeness (QED) is 0.189. The van der Waals surface area contributed by atoms with Gasteiger partial charge in [0.15, 0.2) is 0 Å². The molecule has 0 atom stereocenters. The lowest BCUT2D eigenvalue weighted by Crippen LogP contribution is -2.14. The number of amides is 1. The van der Waals surface area contributed by atoms with Gasteiger partial charge in [-0.1, -0.05) is 30.0 Å². The summed E-state index contributed by atoms with van der Waals surface area (Å²) in [6.45, 7) is 3.50. The Kier molecular flexibility index (Phi) is 8.54. The predicted octanol–water partition coefficient (Wildman–Crippen LogP) is 6.64. The normalized spacial score (nSPS) is 10.4. The highest BCUT2D eigenvalue weighted by atomic mass is 32.2. The van der Waals surface area contributed by atoms with Crippen molar-refractivity contribution in [3.63, 3.8) is 0 Å². The number of carbonyl (C=O) groups is 2. The van der Waals surface area contributed by atoms with E-state index in [4.69, 9.17) is 4.74 Å². The van der Waals surface area contributed by atoms with Gasteiger partial charge in [0.2, 0.25) is 5.91 Å². The molecule has 3 aromatic heterocycles. The number of thiophene rings is 2. The summed E-state index contributed by atoms with van der Waals surface area (Å²) in [6, 6.07) is 15.6. The van der Waals surface area contributed by atoms with Crippen LogP contribution in [0.3, 0.4) is 0 Å². The number of nitrogens with one attached hydrogen (secondary N) is 1. The number of hydrogen-bond acceptors (Lipinski definition) is 9. The van der Waals surface area contributed by atoms with E-state index in [1.54, 1.807) is 32.0 Å². The van der Waals surface area contributed by atoms with Crippen molar-refractivity contribution in [1.82, 2.24) is 4.98 Å². The lowest BCUT2D eigenvalue weighted by molar-refractivity contribution is -0.113. The van der Waals surface area contributed by atoms with Gasteiger partial charge in [0.05, 0.1) is 34.1 Å². The maximum atomic E-state index is 13.5. The summed E-state index contributed by atoms with van der Waals surface area (Å²) in [4.78, 5) is 30.9. The highest BCUT2D eigenvalue weighted by Crippen LogP contribution is 2.36. The minimum Gasteiger partial charge on any atom is -0.462 e. The number of aromatic nitrogens is 1. The molecule has 190 valence electrons. The summed E-state index contributed by atoms with van der Waals surface area (Å²) < 4.78 is 18.6. The van der Waals surface area contributed by atoms with Crippen molar-refractivity contribution in [1.29, 1.82) is 10.5 Å². The summed E-state index contributed by atoms with van der Waals surface area (Å²) in [5.41, 5.74) is 2.76. The number of nitrogens with zero attached hydrogens (tertiary/aromatic N) is 3. The molecule has 38 heavy (non-hydrogen) atoms. The number of rotatable bonds is 8. The van der Waals surface area contributed by atoms with Crippen LogP contribution in [0, 0.1) is 35.4 Å². The van der Waals surface area contributed by atoms with Gasteiger partial charge in [-0.3, -0.25) is 4.79 Å². The second kappa shape index (κ2) is 12.0. The average Bonchev–Trinajstić information content (AvgIpc) is 3.55. The van der Waals surface area contributed by atoms with Gasteiger partial charge in [0.1, 0.15) is 32.9 Å².